The summed E-state index contributed by atoms with van der Waals surface area (Å²) in [6.07, 6.45) is 3.16. The van der Waals surface area contributed by atoms with Gasteiger partial charge in [-0.1, -0.05) is 20.3 Å². The molecule has 0 amide bonds. The second kappa shape index (κ2) is 5.47. The topological polar surface area (TPSA) is 33.1 Å². The highest BCUT2D eigenvalue weighted by molar-refractivity contribution is 9.10. The molecule has 0 aliphatic carbocycles. The molecule has 0 aliphatic heterocycles. The standard InChI is InChI=1S/C11H16BrNO/c1-3-8(2)6-11(14)10-5-4-9(12)7-13-10/h4-5,7-8,11,14H,3,6H2,1-2H3. The molecule has 1 aromatic heterocycles. The summed E-state index contributed by atoms with van der Waals surface area (Å²) in [5, 5.41) is 9.84. The number of rotatable bonds is 4. The first kappa shape index (κ1) is 11.7. The van der Waals surface area contributed by atoms with Crippen LogP contribution in [0.1, 0.15) is 38.5 Å². The van der Waals surface area contributed by atoms with E-state index in [0.717, 1.165) is 23.0 Å². The Morgan fingerprint density at radius 1 is 1.50 bits per heavy atom. The lowest BCUT2D eigenvalue weighted by atomic mass is 9.99. The zero-order valence-electron chi connectivity index (χ0n) is 8.57. The predicted octanol–water partition coefficient (Wildman–Crippen LogP) is 3.31. The van der Waals surface area contributed by atoms with Crippen molar-refractivity contribution in [3.63, 3.8) is 0 Å². The highest BCUT2D eigenvalue weighted by Crippen LogP contribution is 2.21. The van der Waals surface area contributed by atoms with Crippen LogP contribution in [0.2, 0.25) is 0 Å². The van der Waals surface area contributed by atoms with Crippen LogP contribution in [0.5, 0.6) is 0 Å². The first-order valence-corrected chi connectivity index (χ1v) is 5.72. The second-order valence-electron chi connectivity index (χ2n) is 3.67. The first-order valence-electron chi connectivity index (χ1n) is 4.93. The van der Waals surface area contributed by atoms with Gasteiger partial charge in [-0.25, -0.2) is 0 Å². The molecule has 14 heavy (non-hydrogen) atoms. The van der Waals surface area contributed by atoms with Crippen molar-refractivity contribution in [2.75, 3.05) is 0 Å². The van der Waals surface area contributed by atoms with Gasteiger partial charge < -0.3 is 5.11 Å². The molecular formula is C11H16BrNO. The third-order valence-electron chi connectivity index (χ3n) is 2.41. The van der Waals surface area contributed by atoms with Crippen LogP contribution in [0.4, 0.5) is 0 Å². The third kappa shape index (κ3) is 3.39. The number of nitrogens with zero attached hydrogens (tertiary/aromatic N) is 1. The fraction of sp³-hybridized carbons (Fsp3) is 0.545. The van der Waals surface area contributed by atoms with Gasteiger partial charge in [-0.2, -0.15) is 0 Å². The van der Waals surface area contributed by atoms with Crippen LogP contribution in [0.25, 0.3) is 0 Å². The highest BCUT2D eigenvalue weighted by Gasteiger charge is 2.11. The maximum absolute atomic E-state index is 9.84. The second-order valence-corrected chi connectivity index (χ2v) is 4.58. The number of pyridine rings is 1. The van der Waals surface area contributed by atoms with Crippen molar-refractivity contribution in [1.82, 2.24) is 4.98 Å². The van der Waals surface area contributed by atoms with Gasteiger partial charge in [-0.3, -0.25) is 4.98 Å². The van der Waals surface area contributed by atoms with Gasteiger partial charge in [-0.15, -0.1) is 0 Å². The van der Waals surface area contributed by atoms with Gasteiger partial charge in [-0.05, 0) is 40.4 Å². The number of halogens is 1. The smallest absolute Gasteiger partial charge is 0.0962 e. The summed E-state index contributed by atoms with van der Waals surface area (Å²) in [6, 6.07) is 3.76. The Bertz CT molecular complexity index is 273. The van der Waals surface area contributed by atoms with E-state index in [1.165, 1.54) is 0 Å². The van der Waals surface area contributed by atoms with Crippen LogP contribution in [0.15, 0.2) is 22.8 Å². The molecule has 0 aliphatic rings. The first-order chi connectivity index (χ1) is 6.63. The van der Waals surface area contributed by atoms with Gasteiger partial charge in [0.15, 0.2) is 0 Å². The Morgan fingerprint density at radius 3 is 2.71 bits per heavy atom. The fourth-order valence-corrected chi connectivity index (χ4v) is 1.49. The van der Waals surface area contributed by atoms with Crippen molar-refractivity contribution in [3.8, 4) is 0 Å². The van der Waals surface area contributed by atoms with Crippen LogP contribution in [-0.4, -0.2) is 10.1 Å². The molecule has 2 nitrogen and oxygen atoms in total. The van der Waals surface area contributed by atoms with E-state index in [-0.39, 0.29) is 0 Å². The van der Waals surface area contributed by atoms with Crippen LogP contribution >= 0.6 is 15.9 Å². The van der Waals surface area contributed by atoms with Crippen LogP contribution in [0.3, 0.4) is 0 Å². The van der Waals surface area contributed by atoms with Gasteiger partial charge in [0.1, 0.15) is 0 Å². The number of hydrogen-bond acceptors (Lipinski definition) is 2. The average molecular weight is 258 g/mol. The molecule has 1 aromatic rings. The van der Waals surface area contributed by atoms with E-state index in [1.807, 2.05) is 12.1 Å². The maximum Gasteiger partial charge on any atom is 0.0962 e. The molecule has 0 fully saturated rings. The molecule has 1 rings (SSSR count). The minimum absolute atomic E-state index is 0.432. The van der Waals surface area contributed by atoms with Gasteiger partial charge in [0.2, 0.25) is 0 Å². The quantitative estimate of drug-likeness (QED) is 0.898. The Morgan fingerprint density at radius 2 is 2.21 bits per heavy atom. The van der Waals surface area contributed by atoms with Crippen molar-refractivity contribution < 1.29 is 5.11 Å². The van der Waals surface area contributed by atoms with Gasteiger partial charge in [0, 0.05) is 10.7 Å². The lowest BCUT2D eigenvalue weighted by Gasteiger charge is -2.14. The van der Waals surface area contributed by atoms with Crippen molar-refractivity contribution in [2.24, 2.45) is 5.92 Å². The summed E-state index contributed by atoms with van der Waals surface area (Å²) in [5.41, 5.74) is 0.758. The zero-order chi connectivity index (χ0) is 10.6. The summed E-state index contributed by atoms with van der Waals surface area (Å²) in [6.45, 7) is 4.27. The van der Waals surface area contributed by atoms with E-state index in [0.29, 0.717) is 5.92 Å². The van der Waals surface area contributed by atoms with Crippen molar-refractivity contribution in [2.45, 2.75) is 32.8 Å². The van der Waals surface area contributed by atoms with Crippen molar-refractivity contribution in [3.05, 3.63) is 28.5 Å². The molecule has 78 valence electrons. The van der Waals surface area contributed by atoms with Crippen molar-refractivity contribution >= 4 is 15.9 Å². The zero-order valence-corrected chi connectivity index (χ0v) is 10.2. The minimum Gasteiger partial charge on any atom is -0.387 e. The molecular weight excluding hydrogens is 242 g/mol. The summed E-state index contributed by atoms with van der Waals surface area (Å²) in [4.78, 5) is 4.17. The molecule has 1 heterocycles. The van der Waals surface area contributed by atoms with Gasteiger partial charge in [0.05, 0.1) is 11.8 Å². The van der Waals surface area contributed by atoms with E-state index in [2.05, 4.69) is 34.8 Å². The monoisotopic (exact) mass is 257 g/mol. The summed E-state index contributed by atoms with van der Waals surface area (Å²) in [7, 11) is 0. The van der Waals surface area contributed by atoms with Crippen LogP contribution in [-0.2, 0) is 0 Å². The molecule has 2 atom stereocenters. The van der Waals surface area contributed by atoms with Crippen LogP contribution in [0, 0.1) is 5.92 Å². The van der Waals surface area contributed by atoms with E-state index >= 15 is 0 Å². The SMILES string of the molecule is CCC(C)CC(O)c1ccc(Br)cn1. The fourth-order valence-electron chi connectivity index (χ4n) is 1.25. The Balaban J connectivity index is 2.60. The lowest BCUT2D eigenvalue weighted by Crippen LogP contribution is -2.05. The maximum atomic E-state index is 9.84. The molecule has 0 aromatic carbocycles. The molecule has 0 radical (unpaired) electrons. The number of aliphatic hydroxyl groups is 1. The minimum atomic E-state index is -0.432. The van der Waals surface area contributed by atoms with Crippen molar-refractivity contribution in [1.29, 1.82) is 0 Å². The molecule has 1 N–H and O–H groups in total. The number of aromatic nitrogens is 1. The Labute approximate surface area is 93.5 Å². The third-order valence-corrected chi connectivity index (χ3v) is 2.88. The largest absolute Gasteiger partial charge is 0.387 e. The van der Waals surface area contributed by atoms with Crippen LogP contribution < -0.4 is 0 Å². The molecule has 3 heteroatoms. The molecule has 0 saturated heterocycles. The predicted molar refractivity (Wildman–Crippen MR) is 61.0 cm³/mol. The van der Waals surface area contributed by atoms with Gasteiger partial charge in [0.25, 0.3) is 0 Å². The summed E-state index contributed by atoms with van der Waals surface area (Å²) >= 11 is 3.31. The number of hydrogen-bond donors (Lipinski definition) is 1. The molecule has 0 bridgehead atoms. The lowest BCUT2D eigenvalue weighted by molar-refractivity contribution is 0.142. The summed E-state index contributed by atoms with van der Waals surface area (Å²) < 4.78 is 0.942. The van der Waals surface area contributed by atoms with E-state index in [1.54, 1.807) is 6.20 Å². The Hall–Kier alpha value is -0.410. The molecule has 0 spiro atoms. The van der Waals surface area contributed by atoms with E-state index in [9.17, 15) is 5.11 Å². The Kier molecular flexibility index (Phi) is 4.55. The summed E-state index contributed by atoms with van der Waals surface area (Å²) in [5.74, 6) is 0.537. The average Bonchev–Trinajstić information content (AvgIpc) is 2.18. The van der Waals surface area contributed by atoms with E-state index in [4.69, 9.17) is 0 Å². The van der Waals surface area contributed by atoms with E-state index < -0.39 is 6.10 Å². The normalized spacial score (nSPS) is 15.1. The molecule has 2 unspecified atom stereocenters. The highest BCUT2D eigenvalue weighted by atomic mass is 79.9. The number of aliphatic hydroxyl groups excluding tert-OH is 1. The molecule has 0 saturated carbocycles. The van der Waals surface area contributed by atoms with Gasteiger partial charge >= 0.3 is 0 Å².